The van der Waals surface area contributed by atoms with Gasteiger partial charge in [-0.3, -0.25) is 0 Å². The van der Waals surface area contributed by atoms with E-state index in [1.165, 1.54) is 0 Å². The molecule has 0 bridgehead atoms. The molecule has 0 fully saturated rings. The molecule has 3 heteroatoms. The van der Waals surface area contributed by atoms with Crippen LogP contribution in [-0.2, 0) is 0 Å². The summed E-state index contributed by atoms with van der Waals surface area (Å²) in [6.45, 7) is 7.82. The number of ether oxygens (including phenoxy) is 2. The van der Waals surface area contributed by atoms with Gasteiger partial charge in [-0.25, -0.2) is 0 Å². The van der Waals surface area contributed by atoms with Crippen molar-refractivity contribution in [1.29, 1.82) is 0 Å². The lowest BCUT2D eigenvalue weighted by Gasteiger charge is -2.14. The van der Waals surface area contributed by atoms with E-state index in [4.69, 9.17) is 9.47 Å². The lowest BCUT2D eigenvalue weighted by Crippen LogP contribution is -2.29. The molecule has 0 amide bonds. The fourth-order valence-electron chi connectivity index (χ4n) is 1.71. The molecule has 0 aliphatic heterocycles. The van der Waals surface area contributed by atoms with E-state index in [1.807, 2.05) is 37.3 Å². The molecular weight excluding hydrogens is 238 g/mol. The third-order valence-electron chi connectivity index (χ3n) is 3.01. The van der Waals surface area contributed by atoms with E-state index in [0.717, 1.165) is 30.0 Å². The predicted octanol–water partition coefficient (Wildman–Crippen LogP) is 3.50. The fraction of sp³-hybridized carbons (Fsp3) is 0.500. The molecule has 1 rings (SSSR count). The van der Waals surface area contributed by atoms with Crippen LogP contribution in [-0.4, -0.2) is 26.3 Å². The predicted molar refractivity (Wildman–Crippen MR) is 81.0 cm³/mol. The Labute approximate surface area is 116 Å². The monoisotopic (exact) mass is 263 g/mol. The summed E-state index contributed by atoms with van der Waals surface area (Å²) in [6, 6.07) is 6.50. The van der Waals surface area contributed by atoms with Crippen LogP contribution in [0.3, 0.4) is 0 Å². The molecule has 1 unspecified atom stereocenters. The molecule has 106 valence electrons. The third-order valence-corrected chi connectivity index (χ3v) is 3.01. The lowest BCUT2D eigenvalue weighted by molar-refractivity contribution is 0.287. The molecule has 0 aromatic heterocycles. The van der Waals surface area contributed by atoms with Crippen LogP contribution in [0.5, 0.6) is 11.5 Å². The number of methoxy groups -OCH3 is 1. The standard InChI is InChI=1S/C16H25NO2/c1-5-7-14-8-9-15(16(12-14)18-4)19-11-10-17-13(3)6-2/h5,7-9,12-13,17H,6,10-11H2,1-4H3. The first-order chi connectivity index (χ1) is 9.21. The summed E-state index contributed by atoms with van der Waals surface area (Å²) in [7, 11) is 1.67. The summed E-state index contributed by atoms with van der Waals surface area (Å²) in [6.07, 6.45) is 5.17. The van der Waals surface area contributed by atoms with Crippen LogP contribution in [0.15, 0.2) is 24.3 Å². The highest BCUT2D eigenvalue weighted by atomic mass is 16.5. The SMILES string of the molecule is CC=Cc1ccc(OCCNC(C)CC)c(OC)c1. The molecule has 0 aliphatic rings. The summed E-state index contributed by atoms with van der Waals surface area (Å²) >= 11 is 0. The summed E-state index contributed by atoms with van der Waals surface area (Å²) in [5.74, 6) is 1.57. The van der Waals surface area contributed by atoms with Crippen LogP contribution in [0.1, 0.15) is 32.8 Å². The first-order valence-electron chi connectivity index (χ1n) is 6.88. The third kappa shape index (κ3) is 5.35. The zero-order chi connectivity index (χ0) is 14.1. The molecule has 1 aromatic carbocycles. The summed E-state index contributed by atoms with van der Waals surface area (Å²) in [5, 5.41) is 3.39. The van der Waals surface area contributed by atoms with Gasteiger partial charge in [-0.15, -0.1) is 0 Å². The normalized spacial score (nSPS) is 12.6. The Morgan fingerprint density at radius 2 is 2.11 bits per heavy atom. The average molecular weight is 263 g/mol. The Hall–Kier alpha value is -1.48. The number of allylic oxidation sites excluding steroid dienone is 1. The average Bonchev–Trinajstić information content (AvgIpc) is 2.44. The Morgan fingerprint density at radius 1 is 1.32 bits per heavy atom. The van der Waals surface area contributed by atoms with E-state index in [9.17, 15) is 0 Å². The van der Waals surface area contributed by atoms with Crippen LogP contribution in [0.2, 0.25) is 0 Å². The molecule has 0 radical (unpaired) electrons. The van der Waals surface area contributed by atoms with E-state index >= 15 is 0 Å². The number of nitrogens with one attached hydrogen (secondary N) is 1. The molecule has 1 aromatic rings. The molecule has 1 atom stereocenters. The Balaban J connectivity index is 2.53. The van der Waals surface area contributed by atoms with Crippen molar-refractivity contribution in [2.45, 2.75) is 33.2 Å². The van der Waals surface area contributed by atoms with Crippen LogP contribution in [0.25, 0.3) is 6.08 Å². The van der Waals surface area contributed by atoms with Crippen molar-refractivity contribution in [2.24, 2.45) is 0 Å². The summed E-state index contributed by atoms with van der Waals surface area (Å²) in [4.78, 5) is 0. The van der Waals surface area contributed by atoms with Crippen molar-refractivity contribution < 1.29 is 9.47 Å². The van der Waals surface area contributed by atoms with Gasteiger partial charge in [-0.1, -0.05) is 25.1 Å². The van der Waals surface area contributed by atoms with Crippen molar-refractivity contribution in [3.05, 3.63) is 29.8 Å². The van der Waals surface area contributed by atoms with Gasteiger partial charge in [-0.05, 0) is 38.0 Å². The fourth-order valence-corrected chi connectivity index (χ4v) is 1.71. The van der Waals surface area contributed by atoms with Crippen LogP contribution >= 0.6 is 0 Å². The van der Waals surface area contributed by atoms with Crippen molar-refractivity contribution in [3.63, 3.8) is 0 Å². The molecule has 0 heterocycles. The Bertz CT molecular complexity index is 402. The molecule has 0 saturated heterocycles. The van der Waals surface area contributed by atoms with Gasteiger partial charge in [0.15, 0.2) is 11.5 Å². The highest BCUT2D eigenvalue weighted by Crippen LogP contribution is 2.28. The van der Waals surface area contributed by atoms with Gasteiger partial charge in [0.2, 0.25) is 0 Å². The minimum Gasteiger partial charge on any atom is -0.493 e. The van der Waals surface area contributed by atoms with Gasteiger partial charge in [-0.2, -0.15) is 0 Å². The van der Waals surface area contributed by atoms with Gasteiger partial charge in [0.05, 0.1) is 7.11 Å². The molecule has 1 N–H and O–H groups in total. The first kappa shape index (κ1) is 15.6. The van der Waals surface area contributed by atoms with Crippen molar-refractivity contribution in [3.8, 4) is 11.5 Å². The van der Waals surface area contributed by atoms with E-state index in [1.54, 1.807) is 7.11 Å². The van der Waals surface area contributed by atoms with Gasteiger partial charge in [0, 0.05) is 12.6 Å². The second-order valence-electron chi connectivity index (χ2n) is 4.52. The van der Waals surface area contributed by atoms with Crippen LogP contribution in [0, 0.1) is 0 Å². The lowest BCUT2D eigenvalue weighted by atomic mass is 10.2. The number of rotatable bonds is 8. The molecule has 3 nitrogen and oxygen atoms in total. The molecule has 19 heavy (non-hydrogen) atoms. The van der Waals surface area contributed by atoms with Gasteiger partial charge in [0.1, 0.15) is 6.61 Å². The van der Waals surface area contributed by atoms with Gasteiger partial charge < -0.3 is 14.8 Å². The second-order valence-corrected chi connectivity index (χ2v) is 4.52. The highest BCUT2D eigenvalue weighted by Gasteiger charge is 2.05. The van der Waals surface area contributed by atoms with Crippen LogP contribution in [0.4, 0.5) is 0 Å². The minimum absolute atomic E-state index is 0.530. The van der Waals surface area contributed by atoms with Crippen molar-refractivity contribution in [1.82, 2.24) is 5.32 Å². The largest absolute Gasteiger partial charge is 0.493 e. The first-order valence-corrected chi connectivity index (χ1v) is 6.88. The summed E-state index contributed by atoms with van der Waals surface area (Å²) < 4.78 is 11.1. The van der Waals surface area contributed by atoms with E-state index in [-0.39, 0.29) is 0 Å². The molecule has 0 aliphatic carbocycles. The van der Waals surface area contributed by atoms with Crippen LogP contribution < -0.4 is 14.8 Å². The number of hydrogen-bond acceptors (Lipinski definition) is 3. The maximum atomic E-state index is 5.74. The smallest absolute Gasteiger partial charge is 0.161 e. The minimum atomic E-state index is 0.530. The van der Waals surface area contributed by atoms with Gasteiger partial charge in [0.25, 0.3) is 0 Å². The Morgan fingerprint density at radius 3 is 2.74 bits per heavy atom. The molecule has 0 saturated carbocycles. The topological polar surface area (TPSA) is 30.5 Å². The second kappa shape index (κ2) is 8.59. The number of hydrogen-bond donors (Lipinski definition) is 1. The van der Waals surface area contributed by atoms with E-state index < -0.39 is 0 Å². The molecular formula is C16H25NO2. The maximum absolute atomic E-state index is 5.74. The quantitative estimate of drug-likeness (QED) is 0.728. The Kier molecular flexibility index (Phi) is 7.04. The maximum Gasteiger partial charge on any atom is 0.161 e. The summed E-state index contributed by atoms with van der Waals surface area (Å²) in [5.41, 5.74) is 1.12. The number of benzene rings is 1. The zero-order valence-electron chi connectivity index (χ0n) is 12.4. The zero-order valence-corrected chi connectivity index (χ0v) is 12.4. The van der Waals surface area contributed by atoms with Crippen molar-refractivity contribution >= 4 is 6.08 Å². The van der Waals surface area contributed by atoms with E-state index in [2.05, 4.69) is 19.2 Å². The van der Waals surface area contributed by atoms with E-state index in [0.29, 0.717) is 12.6 Å². The van der Waals surface area contributed by atoms with Gasteiger partial charge >= 0.3 is 0 Å². The highest BCUT2D eigenvalue weighted by molar-refractivity contribution is 5.55. The van der Waals surface area contributed by atoms with Crippen molar-refractivity contribution in [2.75, 3.05) is 20.3 Å². The molecule has 0 spiro atoms.